The predicted octanol–water partition coefficient (Wildman–Crippen LogP) is 3.62. The monoisotopic (exact) mass is 220 g/mol. The van der Waals surface area contributed by atoms with Crippen molar-refractivity contribution in [2.45, 2.75) is 38.4 Å². The van der Waals surface area contributed by atoms with Crippen molar-refractivity contribution in [3.8, 4) is 0 Å². The maximum Gasteiger partial charge on any atom is 0.237 e. The summed E-state index contributed by atoms with van der Waals surface area (Å²) in [5.74, 6) is 0.858. The fourth-order valence-electron chi connectivity index (χ4n) is 1.09. The highest BCUT2D eigenvalue weighted by atomic mass is 35.5. The number of allylic oxidation sites excluding steroid dienone is 1. The fourth-order valence-corrected chi connectivity index (χ4v) is 2.65. The molecule has 0 bridgehead atoms. The molecule has 0 spiro atoms. The third-order valence-electron chi connectivity index (χ3n) is 2.19. The van der Waals surface area contributed by atoms with Gasteiger partial charge in [-0.25, -0.2) is 0 Å². The molecule has 0 fully saturated rings. The second-order valence-corrected chi connectivity index (χ2v) is 4.60. The highest BCUT2D eigenvalue weighted by Gasteiger charge is 2.33. The Morgan fingerprint density at radius 2 is 2.00 bits per heavy atom. The molecule has 76 valence electrons. The second-order valence-electron chi connectivity index (χ2n) is 2.86. The Bertz CT molecular complexity index is 185. The first kappa shape index (κ1) is 13.1. The van der Waals surface area contributed by atoms with Gasteiger partial charge >= 0.3 is 0 Å². The standard InChI is InChI=1S/C10H17ClOS/c1-4-7-8-13-10(5-2,6-3)9(11)12/h4,7H,5-6,8H2,1-3H3. The van der Waals surface area contributed by atoms with Crippen LogP contribution in [0.15, 0.2) is 12.2 Å². The van der Waals surface area contributed by atoms with Crippen LogP contribution in [0, 0.1) is 0 Å². The van der Waals surface area contributed by atoms with Gasteiger partial charge in [0.05, 0.1) is 4.75 Å². The minimum atomic E-state index is -0.374. The van der Waals surface area contributed by atoms with Crippen LogP contribution >= 0.6 is 23.4 Å². The van der Waals surface area contributed by atoms with Gasteiger partial charge in [0.2, 0.25) is 5.24 Å². The summed E-state index contributed by atoms with van der Waals surface area (Å²) in [6.07, 6.45) is 5.63. The first-order valence-corrected chi connectivity index (χ1v) is 5.94. The van der Waals surface area contributed by atoms with Crippen molar-refractivity contribution in [2.75, 3.05) is 5.75 Å². The molecule has 0 unspecified atom stereocenters. The molecule has 0 aromatic carbocycles. The molecule has 0 N–H and O–H groups in total. The molecular formula is C10H17ClOS. The van der Waals surface area contributed by atoms with Gasteiger partial charge in [-0.3, -0.25) is 4.79 Å². The molecule has 0 atom stereocenters. The molecule has 0 rings (SSSR count). The quantitative estimate of drug-likeness (QED) is 0.503. The Morgan fingerprint density at radius 1 is 1.46 bits per heavy atom. The Balaban J connectivity index is 4.30. The van der Waals surface area contributed by atoms with Crippen LogP contribution in [-0.2, 0) is 4.79 Å². The predicted molar refractivity (Wildman–Crippen MR) is 61.4 cm³/mol. The summed E-state index contributed by atoms with van der Waals surface area (Å²) in [4.78, 5) is 11.2. The Hall–Kier alpha value is 0.0500. The van der Waals surface area contributed by atoms with E-state index < -0.39 is 0 Å². The number of thioether (sulfide) groups is 1. The van der Waals surface area contributed by atoms with Crippen molar-refractivity contribution in [3.05, 3.63) is 12.2 Å². The van der Waals surface area contributed by atoms with E-state index in [0.29, 0.717) is 0 Å². The number of carbonyl (C=O) groups is 1. The molecule has 3 heteroatoms. The van der Waals surface area contributed by atoms with Gasteiger partial charge in [0.15, 0.2) is 0 Å². The van der Waals surface area contributed by atoms with Crippen molar-refractivity contribution < 1.29 is 4.79 Å². The van der Waals surface area contributed by atoms with Gasteiger partial charge in [-0.05, 0) is 31.4 Å². The number of carbonyl (C=O) groups excluding carboxylic acids is 1. The van der Waals surface area contributed by atoms with E-state index in [2.05, 4.69) is 0 Å². The SMILES string of the molecule is CC=CCSC(CC)(CC)C(=O)Cl. The number of halogens is 1. The summed E-state index contributed by atoms with van der Waals surface area (Å²) < 4.78 is -0.374. The van der Waals surface area contributed by atoms with Crippen LogP contribution in [-0.4, -0.2) is 15.7 Å². The zero-order valence-electron chi connectivity index (χ0n) is 8.47. The van der Waals surface area contributed by atoms with Crippen LogP contribution in [0.4, 0.5) is 0 Å². The van der Waals surface area contributed by atoms with Crippen molar-refractivity contribution in [2.24, 2.45) is 0 Å². The van der Waals surface area contributed by atoms with Crippen molar-refractivity contribution in [1.82, 2.24) is 0 Å². The Kier molecular flexibility index (Phi) is 6.52. The summed E-state index contributed by atoms with van der Waals surface area (Å²) in [7, 11) is 0. The van der Waals surface area contributed by atoms with Crippen LogP contribution in [0.5, 0.6) is 0 Å². The van der Waals surface area contributed by atoms with E-state index in [1.54, 1.807) is 11.8 Å². The topological polar surface area (TPSA) is 17.1 Å². The third kappa shape index (κ3) is 3.74. The molecule has 0 saturated heterocycles. The number of rotatable bonds is 6. The molecule has 0 saturated carbocycles. The second kappa shape index (κ2) is 6.50. The highest BCUT2D eigenvalue weighted by Crippen LogP contribution is 2.34. The third-order valence-corrected chi connectivity index (χ3v) is 4.34. The average molecular weight is 221 g/mol. The van der Waals surface area contributed by atoms with Gasteiger partial charge < -0.3 is 0 Å². The van der Waals surface area contributed by atoms with Gasteiger partial charge in [0.25, 0.3) is 0 Å². The lowest BCUT2D eigenvalue weighted by Gasteiger charge is -2.25. The molecule has 0 amide bonds. The molecule has 0 aromatic heterocycles. The normalized spacial score (nSPS) is 12.3. The maximum absolute atomic E-state index is 11.2. The van der Waals surface area contributed by atoms with Crippen LogP contribution < -0.4 is 0 Å². The van der Waals surface area contributed by atoms with E-state index in [4.69, 9.17) is 11.6 Å². The zero-order chi connectivity index (χ0) is 10.3. The number of hydrogen-bond donors (Lipinski definition) is 0. The molecule has 0 heterocycles. The molecular weight excluding hydrogens is 204 g/mol. The maximum atomic E-state index is 11.2. The first-order valence-electron chi connectivity index (χ1n) is 4.58. The van der Waals surface area contributed by atoms with E-state index >= 15 is 0 Å². The van der Waals surface area contributed by atoms with Gasteiger partial charge in [0.1, 0.15) is 0 Å². The lowest BCUT2D eigenvalue weighted by Crippen LogP contribution is -2.30. The lowest BCUT2D eigenvalue weighted by atomic mass is 10.0. The van der Waals surface area contributed by atoms with E-state index in [1.165, 1.54) is 0 Å². The molecule has 0 aliphatic rings. The van der Waals surface area contributed by atoms with Gasteiger partial charge in [-0.2, -0.15) is 0 Å². The first-order chi connectivity index (χ1) is 6.13. The van der Waals surface area contributed by atoms with E-state index in [-0.39, 0.29) is 9.99 Å². The number of hydrogen-bond acceptors (Lipinski definition) is 2. The van der Waals surface area contributed by atoms with Gasteiger partial charge in [-0.15, -0.1) is 11.8 Å². The van der Waals surface area contributed by atoms with E-state index in [9.17, 15) is 4.79 Å². The fraction of sp³-hybridized carbons (Fsp3) is 0.700. The van der Waals surface area contributed by atoms with Gasteiger partial charge in [0, 0.05) is 5.75 Å². The van der Waals surface area contributed by atoms with Gasteiger partial charge in [-0.1, -0.05) is 26.0 Å². The highest BCUT2D eigenvalue weighted by molar-refractivity contribution is 8.01. The smallest absolute Gasteiger partial charge is 0.237 e. The van der Waals surface area contributed by atoms with Crippen molar-refractivity contribution in [3.63, 3.8) is 0 Å². The minimum absolute atomic E-state index is 0.216. The zero-order valence-corrected chi connectivity index (χ0v) is 10.0. The summed E-state index contributed by atoms with van der Waals surface area (Å²) in [5, 5.41) is -0.216. The lowest BCUT2D eigenvalue weighted by molar-refractivity contribution is -0.113. The van der Waals surface area contributed by atoms with Crippen LogP contribution in [0.2, 0.25) is 0 Å². The summed E-state index contributed by atoms with van der Waals surface area (Å²) in [6, 6.07) is 0. The Labute approximate surface area is 89.9 Å². The van der Waals surface area contributed by atoms with E-state index in [1.807, 2.05) is 32.9 Å². The van der Waals surface area contributed by atoms with Crippen molar-refractivity contribution >= 4 is 28.6 Å². The van der Waals surface area contributed by atoms with Crippen molar-refractivity contribution in [1.29, 1.82) is 0 Å². The van der Waals surface area contributed by atoms with Crippen LogP contribution in [0.25, 0.3) is 0 Å². The largest absolute Gasteiger partial charge is 0.280 e. The molecule has 0 aliphatic carbocycles. The van der Waals surface area contributed by atoms with Crippen LogP contribution in [0.1, 0.15) is 33.6 Å². The van der Waals surface area contributed by atoms with Crippen LogP contribution in [0.3, 0.4) is 0 Å². The minimum Gasteiger partial charge on any atom is -0.280 e. The molecule has 0 radical (unpaired) electrons. The summed E-state index contributed by atoms with van der Waals surface area (Å²) in [6.45, 7) is 5.99. The average Bonchev–Trinajstić information content (AvgIpc) is 2.13. The molecule has 0 aromatic rings. The molecule has 0 aliphatic heterocycles. The summed E-state index contributed by atoms with van der Waals surface area (Å²) in [5.41, 5.74) is 0. The molecule has 13 heavy (non-hydrogen) atoms. The summed E-state index contributed by atoms with van der Waals surface area (Å²) >= 11 is 7.23. The Morgan fingerprint density at radius 3 is 2.31 bits per heavy atom. The molecule has 1 nitrogen and oxygen atoms in total. The van der Waals surface area contributed by atoms with E-state index in [0.717, 1.165) is 18.6 Å².